The van der Waals surface area contributed by atoms with Crippen LogP contribution in [0.4, 0.5) is 5.69 Å². The molecule has 1 atom stereocenters. The highest BCUT2D eigenvalue weighted by atomic mass is 16.3. The first-order valence-corrected chi connectivity index (χ1v) is 6.37. The lowest BCUT2D eigenvalue weighted by atomic mass is 9.93. The van der Waals surface area contributed by atoms with E-state index >= 15 is 0 Å². The van der Waals surface area contributed by atoms with Gasteiger partial charge in [-0.2, -0.15) is 0 Å². The van der Waals surface area contributed by atoms with Gasteiger partial charge in [0.1, 0.15) is 11.5 Å². The summed E-state index contributed by atoms with van der Waals surface area (Å²) in [7, 11) is 0. The molecule has 0 aliphatic carbocycles. The van der Waals surface area contributed by atoms with Gasteiger partial charge in [0.05, 0.1) is 5.92 Å². The smallest absolute Gasteiger partial charge is 0.146 e. The van der Waals surface area contributed by atoms with E-state index in [0.717, 1.165) is 16.8 Å². The van der Waals surface area contributed by atoms with Crippen LogP contribution in [0.1, 0.15) is 17.0 Å². The number of aromatic hydroxyl groups is 1. The normalized spacial score (nSPS) is 16.7. The maximum Gasteiger partial charge on any atom is 0.146 e. The Labute approximate surface area is 111 Å². The molecule has 2 aromatic carbocycles. The Balaban J connectivity index is 1.79. The fourth-order valence-electron chi connectivity index (χ4n) is 2.56. The number of rotatable bonds is 3. The molecule has 96 valence electrons. The number of ketones is 1. The topological polar surface area (TPSA) is 49.3 Å². The predicted molar refractivity (Wildman–Crippen MR) is 74.5 cm³/mol. The van der Waals surface area contributed by atoms with Crippen LogP contribution in [0.3, 0.4) is 0 Å². The highest BCUT2D eigenvalue weighted by molar-refractivity contribution is 5.91. The van der Waals surface area contributed by atoms with Crippen LogP contribution in [0.5, 0.6) is 5.75 Å². The highest BCUT2D eigenvalue weighted by Crippen LogP contribution is 2.32. The zero-order valence-electron chi connectivity index (χ0n) is 10.5. The number of carbonyl (C=O) groups is 1. The minimum atomic E-state index is -0.0847. The van der Waals surface area contributed by atoms with Crippen molar-refractivity contribution in [2.75, 3.05) is 11.9 Å². The molecule has 2 aromatic rings. The maximum absolute atomic E-state index is 12.4. The summed E-state index contributed by atoms with van der Waals surface area (Å²) in [6.07, 6.45) is 0.356. The predicted octanol–water partition coefficient (Wildman–Crippen LogP) is 2.71. The highest BCUT2D eigenvalue weighted by Gasteiger charge is 2.27. The van der Waals surface area contributed by atoms with Crippen LogP contribution in [0.25, 0.3) is 0 Å². The summed E-state index contributed by atoms with van der Waals surface area (Å²) in [6.45, 7) is 0.664. The Morgan fingerprint density at radius 1 is 1.21 bits per heavy atom. The quantitative estimate of drug-likeness (QED) is 0.884. The summed E-state index contributed by atoms with van der Waals surface area (Å²) in [5.74, 6) is 0.303. The van der Waals surface area contributed by atoms with Crippen molar-refractivity contribution in [3.05, 3.63) is 59.7 Å². The first kappa shape index (κ1) is 11.8. The third-order valence-corrected chi connectivity index (χ3v) is 3.51. The number of phenolic OH excluding ortho intramolecular Hbond substituents is 1. The molecule has 1 unspecified atom stereocenters. The van der Waals surface area contributed by atoms with Gasteiger partial charge in [-0.15, -0.1) is 0 Å². The zero-order chi connectivity index (χ0) is 13.2. The Morgan fingerprint density at radius 3 is 2.89 bits per heavy atom. The van der Waals surface area contributed by atoms with E-state index in [1.807, 2.05) is 30.3 Å². The Hall–Kier alpha value is -2.29. The average Bonchev–Trinajstić information content (AvgIpc) is 2.82. The van der Waals surface area contributed by atoms with E-state index in [1.54, 1.807) is 18.2 Å². The van der Waals surface area contributed by atoms with Gasteiger partial charge < -0.3 is 10.4 Å². The fraction of sp³-hybridized carbons (Fsp3) is 0.188. The number of para-hydroxylation sites is 1. The van der Waals surface area contributed by atoms with E-state index < -0.39 is 0 Å². The zero-order valence-corrected chi connectivity index (χ0v) is 10.5. The van der Waals surface area contributed by atoms with Gasteiger partial charge in [0, 0.05) is 18.7 Å². The van der Waals surface area contributed by atoms with Gasteiger partial charge in [-0.25, -0.2) is 0 Å². The first-order chi connectivity index (χ1) is 9.24. The lowest BCUT2D eigenvalue weighted by Crippen LogP contribution is -2.16. The number of carbonyl (C=O) groups excluding carboxylic acids is 1. The van der Waals surface area contributed by atoms with Gasteiger partial charge in [0.2, 0.25) is 0 Å². The van der Waals surface area contributed by atoms with Crippen LogP contribution in [-0.4, -0.2) is 17.4 Å². The minimum absolute atomic E-state index is 0.0847. The second kappa shape index (κ2) is 4.76. The van der Waals surface area contributed by atoms with Gasteiger partial charge in [-0.1, -0.05) is 30.3 Å². The van der Waals surface area contributed by atoms with Crippen LogP contribution in [0.15, 0.2) is 48.5 Å². The molecule has 0 amide bonds. The van der Waals surface area contributed by atoms with Crippen molar-refractivity contribution in [2.45, 2.75) is 12.3 Å². The number of nitrogens with one attached hydrogen (secondary N) is 1. The van der Waals surface area contributed by atoms with Crippen molar-refractivity contribution >= 4 is 11.5 Å². The second-order valence-corrected chi connectivity index (χ2v) is 4.83. The molecule has 1 aliphatic heterocycles. The molecule has 3 rings (SSSR count). The number of benzene rings is 2. The molecule has 0 bridgehead atoms. The minimum Gasteiger partial charge on any atom is -0.508 e. The Bertz CT molecular complexity index is 622. The standard InChI is InChI=1S/C16H15NO2/c18-12-5-3-4-11(8-12)9-16(19)14-10-17-15-7-2-1-6-13(14)15/h1-8,14,17-18H,9-10H2. The van der Waals surface area contributed by atoms with E-state index in [0.29, 0.717) is 13.0 Å². The lowest BCUT2D eigenvalue weighted by Gasteiger charge is -2.09. The Morgan fingerprint density at radius 2 is 2.05 bits per heavy atom. The molecule has 3 nitrogen and oxygen atoms in total. The number of hydrogen-bond donors (Lipinski definition) is 2. The molecule has 3 heteroatoms. The molecule has 2 N–H and O–H groups in total. The SMILES string of the molecule is O=C(Cc1cccc(O)c1)C1CNc2ccccc21. The number of phenols is 1. The van der Waals surface area contributed by atoms with Crippen LogP contribution < -0.4 is 5.32 Å². The molecule has 0 spiro atoms. The van der Waals surface area contributed by atoms with Gasteiger partial charge in [-0.3, -0.25) is 4.79 Å². The average molecular weight is 253 g/mol. The van der Waals surface area contributed by atoms with Crippen LogP contribution in [-0.2, 0) is 11.2 Å². The van der Waals surface area contributed by atoms with Crippen LogP contribution in [0, 0.1) is 0 Å². The Kier molecular flexibility index (Phi) is 2.95. The summed E-state index contributed by atoms with van der Waals surface area (Å²) in [4.78, 5) is 12.4. The van der Waals surface area contributed by atoms with Gasteiger partial charge in [-0.05, 0) is 29.3 Å². The molecule has 0 aromatic heterocycles. The van der Waals surface area contributed by atoms with Crippen LogP contribution in [0.2, 0.25) is 0 Å². The third-order valence-electron chi connectivity index (χ3n) is 3.51. The fourth-order valence-corrected chi connectivity index (χ4v) is 2.56. The van der Waals surface area contributed by atoms with E-state index in [9.17, 15) is 9.90 Å². The molecule has 0 saturated carbocycles. The van der Waals surface area contributed by atoms with Crippen molar-refractivity contribution in [1.82, 2.24) is 0 Å². The van der Waals surface area contributed by atoms with Gasteiger partial charge in [0.25, 0.3) is 0 Å². The summed E-state index contributed by atoms with van der Waals surface area (Å²) in [6, 6.07) is 14.8. The summed E-state index contributed by atoms with van der Waals surface area (Å²) < 4.78 is 0. The van der Waals surface area contributed by atoms with E-state index in [1.165, 1.54) is 0 Å². The van der Waals surface area contributed by atoms with Crippen molar-refractivity contribution in [3.8, 4) is 5.75 Å². The molecule has 0 radical (unpaired) electrons. The number of anilines is 1. The van der Waals surface area contributed by atoms with Crippen molar-refractivity contribution in [1.29, 1.82) is 0 Å². The molecule has 1 aliphatic rings. The molecule has 0 saturated heterocycles. The largest absolute Gasteiger partial charge is 0.508 e. The first-order valence-electron chi connectivity index (χ1n) is 6.37. The van der Waals surface area contributed by atoms with Crippen molar-refractivity contribution in [3.63, 3.8) is 0 Å². The molecule has 0 fully saturated rings. The summed E-state index contributed by atoms with van der Waals surface area (Å²) in [5, 5.41) is 12.7. The lowest BCUT2D eigenvalue weighted by molar-refractivity contribution is -0.119. The summed E-state index contributed by atoms with van der Waals surface area (Å²) >= 11 is 0. The maximum atomic E-state index is 12.4. The summed E-state index contributed by atoms with van der Waals surface area (Å²) in [5.41, 5.74) is 2.98. The van der Waals surface area contributed by atoms with Gasteiger partial charge in [0.15, 0.2) is 0 Å². The monoisotopic (exact) mass is 253 g/mol. The molecular formula is C16H15NO2. The number of Topliss-reactive ketones (excluding diaryl/α,β-unsaturated/α-hetero) is 1. The van der Waals surface area contributed by atoms with Crippen molar-refractivity contribution in [2.24, 2.45) is 0 Å². The number of fused-ring (bicyclic) bond motifs is 1. The molecule has 1 heterocycles. The van der Waals surface area contributed by atoms with E-state index in [4.69, 9.17) is 0 Å². The molecular weight excluding hydrogens is 238 g/mol. The van der Waals surface area contributed by atoms with Crippen molar-refractivity contribution < 1.29 is 9.90 Å². The molecule has 19 heavy (non-hydrogen) atoms. The third kappa shape index (κ3) is 2.32. The van der Waals surface area contributed by atoms with Gasteiger partial charge >= 0.3 is 0 Å². The van der Waals surface area contributed by atoms with Crippen LogP contribution >= 0.6 is 0 Å². The number of hydrogen-bond acceptors (Lipinski definition) is 3. The van der Waals surface area contributed by atoms with E-state index in [2.05, 4.69) is 5.32 Å². The second-order valence-electron chi connectivity index (χ2n) is 4.83. The van der Waals surface area contributed by atoms with E-state index in [-0.39, 0.29) is 17.5 Å².